The molecular formula is C8H24N2. The molecule has 0 rings (SSSR count). The van der Waals surface area contributed by atoms with Crippen molar-refractivity contribution >= 4 is 0 Å². The van der Waals surface area contributed by atoms with E-state index in [9.17, 15) is 0 Å². The van der Waals surface area contributed by atoms with Crippen LogP contribution in [0.5, 0.6) is 0 Å². The Morgan fingerprint density at radius 1 is 1.10 bits per heavy atom. The second-order valence-electron chi connectivity index (χ2n) is 2.77. The van der Waals surface area contributed by atoms with Crippen molar-refractivity contribution < 1.29 is 0 Å². The SMILES string of the molecule is CC.CC(C)(C)N.CCN. The summed E-state index contributed by atoms with van der Waals surface area (Å²) in [6.07, 6.45) is 0. The van der Waals surface area contributed by atoms with Gasteiger partial charge in [-0.05, 0) is 27.3 Å². The van der Waals surface area contributed by atoms with Gasteiger partial charge in [-0.3, -0.25) is 0 Å². The number of hydrogen-bond donors (Lipinski definition) is 2. The van der Waals surface area contributed by atoms with E-state index in [0.717, 1.165) is 6.54 Å². The minimum Gasteiger partial charge on any atom is -0.331 e. The fourth-order valence-corrected chi connectivity index (χ4v) is 0. The molecule has 0 unspecified atom stereocenters. The van der Waals surface area contributed by atoms with Crippen LogP contribution in [0.3, 0.4) is 0 Å². The maximum Gasteiger partial charge on any atom is 0.00686 e. The van der Waals surface area contributed by atoms with Gasteiger partial charge < -0.3 is 11.5 Å². The molecule has 0 fully saturated rings. The van der Waals surface area contributed by atoms with Crippen LogP contribution in [-0.4, -0.2) is 12.1 Å². The van der Waals surface area contributed by atoms with Gasteiger partial charge in [0.2, 0.25) is 0 Å². The highest BCUT2D eigenvalue weighted by Gasteiger charge is 1.95. The topological polar surface area (TPSA) is 52.0 Å². The lowest BCUT2D eigenvalue weighted by Gasteiger charge is -2.06. The molecule has 2 nitrogen and oxygen atoms in total. The van der Waals surface area contributed by atoms with Crippen LogP contribution in [0.15, 0.2) is 0 Å². The molecule has 0 saturated heterocycles. The van der Waals surface area contributed by atoms with Crippen LogP contribution in [0.25, 0.3) is 0 Å². The highest BCUT2D eigenvalue weighted by atomic mass is 14.7. The van der Waals surface area contributed by atoms with Crippen molar-refractivity contribution in [3.63, 3.8) is 0 Å². The summed E-state index contributed by atoms with van der Waals surface area (Å²) in [7, 11) is 0. The minimum absolute atomic E-state index is 0. The van der Waals surface area contributed by atoms with Crippen LogP contribution in [0, 0.1) is 0 Å². The standard InChI is InChI=1S/C4H11N.C2H7N.C2H6/c1-4(2,3)5;1-2-3;1-2/h5H2,1-3H3;2-3H2,1H3;1-2H3. The maximum atomic E-state index is 5.35. The first-order valence-corrected chi connectivity index (χ1v) is 3.90. The van der Waals surface area contributed by atoms with Crippen LogP contribution in [-0.2, 0) is 0 Å². The molecule has 10 heavy (non-hydrogen) atoms. The van der Waals surface area contributed by atoms with Gasteiger partial charge in [-0.1, -0.05) is 20.8 Å². The predicted molar refractivity (Wildman–Crippen MR) is 50.0 cm³/mol. The summed E-state index contributed by atoms with van der Waals surface area (Å²) in [5.74, 6) is 0. The molecule has 0 radical (unpaired) electrons. The highest BCUT2D eigenvalue weighted by Crippen LogP contribution is 1.88. The van der Waals surface area contributed by atoms with Crippen LogP contribution in [0.4, 0.5) is 0 Å². The van der Waals surface area contributed by atoms with E-state index in [4.69, 9.17) is 11.5 Å². The molecule has 0 saturated carbocycles. The third-order valence-electron chi connectivity index (χ3n) is 0. The average Bonchev–Trinajstić information content (AvgIpc) is 1.68. The van der Waals surface area contributed by atoms with Gasteiger partial charge in [0.1, 0.15) is 0 Å². The van der Waals surface area contributed by atoms with Crippen molar-refractivity contribution in [3.05, 3.63) is 0 Å². The van der Waals surface area contributed by atoms with Crippen molar-refractivity contribution in [2.45, 2.75) is 47.1 Å². The quantitative estimate of drug-likeness (QED) is 0.549. The van der Waals surface area contributed by atoms with E-state index in [1.54, 1.807) is 0 Å². The number of hydrogen-bond acceptors (Lipinski definition) is 2. The highest BCUT2D eigenvalue weighted by molar-refractivity contribution is 4.60. The zero-order valence-corrected chi connectivity index (χ0v) is 8.36. The first-order valence-electron chi connectivity index (χ1n) is 3.90. The van der Waals surface area contributed by atoms with Crippen molar-refractivity contribution in [2.24, 2.45) is 11.5 Å². The number of rotatable bonds is 0. The van der Waals surface area contributed by atoms with E-state index in [0.29, 0.717) is 0 Å². The summed E-state index contributed by atoms with van der Waals surface area (Å²) in [6.45, 7) is 12.5. The lowest BCUT2D eigenvalue weighted by molar-refractivity contribution is 0.580. The van der Waals surface area contributed by atoms with Crippen molar-refractivity contribution in [2.75, 3.05) is 6.54 Å². The summed E-state index contributed by atoms with van der Waals surface area (Å²) in [4.78, 5) is 0. The molecule has 0 aliphatic carbocycles. The molecule has 0 spiro atoms. The zero-order chi connectivity index (χ0) is 9.21. The Hall–Kier alpha value is -0.0800. The minimum atomic E-state index is 0. The van der Waals surface area contributed by atoms with Gasteiger partial charge in [0.25, 0.3) is 0 Å². The summed E-state index contributed by atoms with van der Waals surface area (Å²) >= 11 is 0. The Labute approximate surface area is 66.0 Å². The van der Waals surface area contributed by atoms with Gasteiger partial charge in [-0.15, -0.1) is 0 Å². The Bertz CT molecular complexity index is 31.0. The Morgan fingerprint density at radius 3 is 1.10 bits per heavy atom. The number of nitrogens with two attached hydrogens (primary N) is 2. The van der Waals surface area contributed by atoms with Gasteiger partial charge in [0, 0.05) is 5.54 Å². The van der Waals surface area contributed by atoms with Gasteiger partial charge >= 0.3 is 0 Å². The molecule has 2 heteroatoms. The first-order chi connectivity index (χ1) is 4.41. The van der Waals surface area contributed by atoms with E-state index < -0.39 is 0 Å². The summed E-state index contributed by atoms with van der Waals surface area (Å²) in [5.41, 5.74) is 10.2. The normalized spacial score (nSPS) is 8.40. The molecule has 0 aromatic rings. The van der Waals surface area contributed by atoms with Gasteiger partial charge in [-0.25, -0.2) is 0 Å². The largest absolute Gasteiger partial charge is 0.331 e. The van der Waals surface area contributed by atoms with Crippen LogP contribution >= 0.6 is 0 Å². The molecule has 0 aromatic heterocycles. The second kappa shape index (κ2) is 11.7. The van der Waals surface area contributed by atoms with E-state index in [-0.39, 0.29) is 5.54 Å². The van der Waals surface area contributed by atoms with Crippen molar-refractivity contribution in [3.8, 4) is 0 Å². The van der Waals surface area contributed by atoms with Crippen LogP contribution in [0.1, 0.15) is 41.5 Å². The van der Waals surface area contributed by atoms with E-state index >= 15 is 0 Å². The summed E-state index contributed by atoms with van der Waals surface area (Å²) < 4.78 is 0. The first kappa shape index (κ1) is 16.5. The molecule has 0 amide bonds. The third kappa shape index (κ3) is 59300. The van der Waals surface area contributed by atoms with Crippen LogP contribution in [0.2, 0.25) is 0 Å². The molecule has 0 aromatic carbocycles. The van der Waals surface area contributed by atoms with Gasteiger partial charge in [0.05, 0.1) is 0 Å². The third-order valence-corrected chi connectivity index (χ3v) is 0. The lowest BCUT2D eigenvalue weighted by Crippen LogP contribution is -2.26. The Morgan fingerprint density at radius 2 is 1.10 bits per heavy atom. The Kier molecular flexibility index (Phi) is 19.3. The van der Waals surface area contributed by atoms with Gasteiger partial charge in [-0.2, -0.15) is 0 Å². The molecule has 66 valence electrons. The smallest absolute Gasteiger partial charge is 0.00686 e. The molecule has 0 atom stereocenters. The second-order valence-corrected chi connectivity index (χ2v) is 2.77. The monoisotopic (exact) mass is 148 g/mol. The zero-order valence-electron chi connectivity index (χ0n) is 8.36. The van der Waals surface area contributed by atoms with Gasteiger partial charge in [0.15, 0.2) is 0 Å². The maximum absolute atomic E-state index is 5.35. The van der Waals surface area contributed by atoms with Crippen LogP contribution < -0.4 is 11.5 Å². The molecule has 0 aliphatic rings. The molecule has 0 heterocycles. The van der Waals surface area contributed by atoms with E-state index in [1.807, 2.05) is 41.5 Å². The Balaban J connectivity index is -0.0000000847. The van der Waals surface area contributed by atoms with E-state index in [1.165, 1.54) is 0 Å². The summed E-state index contributed by atoms with van der Waals surface area (Å²) in [6, 6.07) is 0. The lowest BCUT2D eigenvalue weighted by atomic mass is 10.1. The molecular weight excluding hydrogens is 124 g/mol. The molecule has 0 bridgehead atoms. The fourth-order valence-electron chi connectivity index (χ4n) is 0. The summed E-state index contributed by atoms with van der Waals surface area (Å²) in [5, 5.41) is 0. The van der Waals surface area contributed by atoms with Crippen molar-refractivity contribution in [1.82, 2.24) is 0 Å². The average molecular weight is 148 g/mol. The molecule has 0 aliphatic heterocycles. The predicted octanol–water partition coefficient (Wildman–Crippen LogP) is 1.73. The van der Waals surface area contributed by atoms with Crippen molar-refractivity contribution in [1.29, 1.82) is 0 Å². The fraction of sp³-hybridized carbons (Fsp3) is 1.00. The van der Waals surface area contributed by atoms with E-state index in [2.05, 4.69) is 0 Å². The molecule has 4 N–H and O–H groups in total.